The van der Waals surface area contributed by atoms with Crippen molar-refractivity contribution in [3.05, 3.63) is 77.9 Å². The van der Waals surface area contributed by atoms with E-state index in [0.29, 0.717) is 43.1 Å². The van der Waals surface area contributed by atoms with E-state index in [-0.39, 0.29) is 6.10 Å². The fourth-order valence-electron chi connectivity index (χ4n) is 3.81. The van der Waals surface area contributed by atoms with Crippen LogP contribution in [-0.4, -0.2) is 44.6 Å². The Bertz CT molecular complexity index is 1090. The number of ether oxygens (including phenoxy) is 1. The summed E-state index contributed by atoms with van der Waals surface area (Å²) in [5.74, 6) is -0.556. The number of piperidine rings is 1. The second-order valence-electron chi connectivity index (χ2n) is 7.78. The highest BCUT2D eigenvalue weighted by Crippen LogP contribution is 2.36. The van der Waals surface area contributed by atoms with E-state index in [4.69, 9.17) is 4.74 Å². The number of imidazole rings is 1. The second-order valence-corrected chi connectivity index (χ2v) is 8.92. The van der Waals surface area contributed by atoms with Crippen molar-refractivity contribution in [1.82, 2.24) is 19.8 Å². The molecule has 0 spiro atoms. The van der Waals surface area contributed by atoms with Crippen LogP contribution in [0, 0.1) is 0 Å². The number of aromatic nitrogens is 2. The Kier molecular flexibility index (Phi) is 7.44. The number of hydroxylamine groups is 1. The third-order valence-corrected chi connectivity index (χ3v) is 6.70. The topological polar surface area (TPSA) is 90.5 Å². The lowest BCUT2D eigenvalue weighted by Crippen LogP contribution is -2.34. The average molecular weight is 493 g/mol. The Morgan fingerprint density at radius 1 is 1.18 bits per heavy atom. The second kappa shape index (κ2) is 10.5. The highest BCUT2D eigenvalue weighted by atomic mass is 32.2. The molecule has 11 heteroatoms. The summed E-state index contributed by atoms with van der Waals surface area (Å²) in [6.45, 7) is 1.39. The molecule has 0 bridgehead atoms. The maximum atomic E-state index is 12.7. The molecule has 0 saturated carbocycles. The van der Waals surface area contributed by atoms with Gasteiger partial charge in [0, 0.05) is 30.4 Å². The molecular formula is C23H23F3N4O3S. The molecule has 1 fully saturated rings. The van der Waals surface area contributed by atoms with Crippen LogP contribution in [0.5, 0.6) is 5.75 Å². The minimum absolute atomic E-state index is 0.0973. The molecule has 1 atom stereocenters. The average Bonchev–Trinajstić information content (AvgIpc) is 3.35. The molecule has 1 unspecified atom stereocenters. The number of amides is 1. The lowest BCUT2D eigenvalue weighted by atomic mass is 9.97. The number of H-pyrrole nitrogens is 1. The number of carbonyl (C=O) groups is 1. The normalized spacial score (nSPS) is 16.2. The van der Waals surface area contributed by atoms with Crippen LogP contribution in [0.25, 0.3) is 0 Å². The number of aromatic amines is 1. The predicted octanol–water partition coefficient (Wildman–Crippen LogP) is 4.62. The van der Waals surface area contributed by atoms with Gasteiger partial charge >= 0.3 is 6.18 Å². The molecule has 7 nitrogen and oxygen atoms in total. The molecule has 0 radical (unpaired) electrons. The molecule has 34 heavy (non-hydrogen) atoms. The van der Waals surface area contributed by atoms with Gasteiger partial charge in [-0.05, 0) is 60.7 Å². The van der Waals surface area contributed by atoms with Crippen LogP contribution in [0.2, 0.25) is 0 Å². The van der Waals surface area contributed by atoms with Gasteiger partial charge in [0.25, 0.3) is 5.91 Å². The zero-order valence-corrected chi connectivity index (χ0v) is 18.8. The summed E-state index contributed by atoms with van der Waals surface area (Å²) in [6, 6.07) is 12.2. The van der Waals surface area contributed by atoms with Gasteiger partial charge in [-0.3, -0.25) is 10.0 Å². The molecule has 0 aliphatic carbocycles. The van der Waals surface area contributed by atoms with Crippen LogP contribution in [0.15, 0.2) is 65.8 Å². The molecule has 2 heterocycles. The van der Waals surface area contributed by atoms with E-state index in [0.717, 1.165) is 17.0 Å². The minimum Gasteiger partial charge on any atom is -0.490 e. The zero-order valence-electron chi connectivity index (χ0n) is 18.0. The Hall–Kier alpha value is -3.02. The molecule has 1 aliphatic rings. The van der Waals surface area contributed by atoms with Crippen LogP contribution >= 0.6 is 11.9 Å². The van der Waals surface area contributed by atoms with E-state index in [1.54, 1.807) is 17.9 Å². The van der Waals surface area contributed by atoms with Crippen LogP contribution in [-0.2, 0) is 11.0 Å². The maximum Gasteiger partial charge on any atom is 0.416 e. The summed E-state index contributed by atoms with van der Waals surface area (Å²) >= 11 is 1.51. The quantitative estimate of drug-likeness (QED) is 0.253. The Balaban J connectivity index is 1.39. The van der Waals surface area contributed by atoms with Crippen LogP contribution in [0.1, 0.15) is 35.7 Å². The van der Waals surface area contributed by atoms with E-state index in [1.807, 2.05) is 24.3 Å². The van der Waals surface area contributed by atoms with Crippen molar-refractivity contribution in [3.63, 3.8) is 0 Å². The van der Waals surface area contributed by atoms with Gasteiger partial charge in [-0.15, -0.1) is 0 Å². The third-order valence-electron chi connectivity index (χ3n) is 5.51. The highest BCUT2D eigenvalue weighted by molar-refractivity contribution is 7.97. The summed E-state index contributed by atoms with van der Waals surface area (Å²) < 4.78 is 46.2. The van der Waals surface area contributed by atoms with Crippen molar-refractivity contribution < 1.29 is 27.9 Å². The van der Waals surface area contributed by atoms with Crippen LogP contribution in [0.3, 0.4) is 0 Å². The van der Waals surface area contributed by atoms with Crippen molar-refractivity contribution in [2.75, 3.05) is 13.1 Å². The molecule has 1 saturated heterocycles. The third kappa shape index (κ3) is 5.72. The SMILES string of the molecule is O=C(NO)C(c1ncc[nH]1)c1ccccc1SN1CCC(Oc2ccc(C(F)(F)F)cc2)CC1. The molecule has 1 aromatic heterocycles. The molecule has 3 aromatic rings. The molecule has 180 valence electrons. The van der Waals surface area contributed by atoms with Crippen molar-refractivity contribution >= 4 is 17.9 Å². The number of hydrogen-bond acceptors (Lipinski definition) is 6. The van der Waals surface area contributed by atoms with E-state index in [1.165, 1.54) is 24.1 Å². The van der Waals surface area contributed by atoms with Crippen molar-refractivity contribution in [1.29, 1.82) is 0 Å². The molecule has 1 aliphatic heterocycles. The van der Waals surface area contributed by atoms with Gasteiger partial charge in [-0.1, -0.05) is 18.2 Å². The monoisotopic (exact) mass is 492 g/mol. The summed E-state index contributed by atoms with van der Waals surface area (Å²) in [5.41, 5.74) is 1.73. The van der Waals surface area contributed by atoms with Crippen LogP contribution in [0.4, 0.5) is 13.2 Å². The lowest BCUT2D eigenvalue weighted by molar-refractivity contribution is -0.137. The fourth-order valence-corrected chi connectivity index (χ4v) is 4.91. The molecule has 1 amide bonds. The van der Waals surface area contributed by atoms with Gasteiger partial charge < -0.3 is 9.72 Å². The number of carbonyl (C=O) groups excluding carboxylic acids is 1. The zero-order chi connectivity index (χ0) is 24.1. The minimum atomic E-state index is -4.37. The van der Waals surface area contributed by atoms with Crippen molar-refractivity contribution in [3.8, 4) is 5.75 Å². The largest absolute Gasteiger partial charge is 0.490 e. The van der Waals surface area contributed by atoms with E-state index in [2.05, 4.69) is 14.3 Å². The van der Waals surface area contributed by atoms with E-state index >= 15 is 0 Å². The first kappa shape index (κ1) is 24.1. The van der Waals surface area contributed by atoms with Gasteiger partial charge in [0.05, 0.1) is 5.56 Å². The number of nitrogens with one attached hydrogen (secondary N) is 2. The first-order valence-corrected chi connectivity index (χ1v) is 11.4. The highest BCUT2D eigenvalue weighted by Gasteiger charge is 2.31. The van der Waals surface area contributed by atoms with Crippen molar-refractivity contribution in [2.24, 2.45) is 0 Å². The Labute approximate surface area is 198 Å². The predicted molar refractivity (Wildman–Crippen MR) is 119 cm³/mol. The summed E-state index contributed by atoms with van der Waals surface area (Å²) in [7, 11) is 0. The summed E-state index contributed by atoms with van der Waals surface area (Å²) in [5, 5.41) is 9.25. The Morgan fingerprint density at radius 3 is 2.50 bits per heavy atom. The van der Waals surface area contributed by atoms with E-state index in [9.17, 15) is 23.2 Å². The number of nitrogens with zero attached hydrogens (tertiary/aromatic N) is 2. The summed E-state index contributed by atoms with van der Waals surface area (Å²) in [4.78, 5) is 20.4. The van der Waals surface area contributed by atoms with Gasteiger partial charge in [0.15, 0.2) is 0 Å². The molecule has 2 aromatic carbocycles. The first-order valence-electron chi connectivity index (χ1n) is 10.6. The van der Waals surface area contributed by atoms with Crippen molar-refractivity contribution in [2.45, 2.75) is 35.9 Å². The number of alkyl halides is 3. The van der Waals surface area contributed by atoms with E-state index < -0.39 is 23.6 Å². The molecule has 4 rings (SSSR count). The Morgan fingerprint density at radius 2 is 1.88 bits per heavy atom. The number of hydrogen-bond donors (Lipinski definition) is 3. The van der Waals surface area contributed by atoms with Gasteiger partial charge in [-0.25, -0.2) is 14.8 Å². The van der Waals surface area contributed by atoms with Gasteiger partial charge in [0.1, 0.15) is 23.6 Å². The summed E-state index contributed by atoms with van der Waals surface area (Å²) in [6.07, 6.45) is 0.100. The standard InChI is InChI=1S/C23H23F3N4O3S/c24-23(25,26)15-5-7-16(8-6-15)33-17-9-13-30(14-10-17)34-19-4-2-1-3-18(19)20(22(31)29-32)21-27-11-12-28-21/h1-8,11-12,17,20,32H,9-10,13-14H2,(H,27,28)(H,29,31). The molecule has 3 N–H and O–H groups in total. The maximum absolute atomic E-state index is 12.7. The smallest absolute Gasteiger partial charge is 0.416 e. The number of halogens is 3. The first-order chi connectivity index (χ1) is 16.3. The van der Waals surface area contributed by atoms with Gasteiger partial charge in [0.2, 0.25) is 0 Å². The van der Waals surface area contributed by atoms with Gasteiger partial charge in [-0.2, -0.15) is 13.2 Å². The number of rotatable bonds is 7. The molecular weight excluding hydrogens is 469 g/mol. The number of benzene rings is 2. The fraction of sp³-hybridized carbons (Fsp3) is 0.304. The lowest BCUT2D eigenvalue weighted by Gasteiger charge is -2.32. The van der Waals surface area contributed by atoms with Crippen LogP contribution < -0.4 is 10.2 Å².